The Morgan fingerprint density at radius 3 is 2.34 bits per heavy atom. The summed E-state index contributed by atoms with van der Waals surface area (Å²) in [4.78, 5) is 38.6. The molecular weight excluding hydrogens is 380 g/mol. The van der Waals surface area contributed by atoms with Crippen LogP contribution in [0.3, 0.4) is 0 Å². The van der Waals surface area contributed by atoms with Crippen molar-refractivity contribution >= 4 is 29.1 Å². The predicted octanol–water partition coefficient (Wildman–Crippen LogP) is 0.670. The summed E-state index contributed by atoms with van der Waals surface area (Å²) in [6.07, 6.45) is 1.00. The highest BCUT2D eigenvalue weighted by molar-refractivity contribution is 6.23. The van der Waals surface area contributed by atoms with E-state index in [1.165, 1.54) is 30.6 Å². The number of aryl methyl sites for hydroxylation is 1. The Morgan fingerprint density at radius 2 is 1.76 bits per heavy atom. The van der Waals surface area contributed by atoms with Gasteiger partial charge in [-0.1, -0.05) is 40.3 Å². The van der Waals surface area contributed by atoms with E-state index in [9.17, 15) is 14.4 Å². The first kappa shape index (κ1) is 19.8. The molecule has 1 N–H and O–H groups in total. The molecular formula is C19H19N4O6+. The highest BCUT2D eigenvalue weighted by Gasteiger charge is 2.37. The Labute approximate surface area is 165 Å². The molecule has 0 atom stereocenters. The number of fused-ring (bicyclic) bond motifs is 1. The van der Waals surface area contributed by atoms with Crippen molar-refractivity contribution in [2.75, 3.05) is 21.3 Å². The fraction of sp³-hybridized carbons (Fsp3) is 0.211. The van der Waals surface area contributed by atoms with Gasteiger partial charge >= 0.3 is 23.6 Å². The second-order valence-corrected chi connectivity index (χ2v) is 5.91. The molecule has 0 fully saturated rings. The van der Waals surface area contributed by atoms with Crippen molar-refractivity contribution in [1.82, 2.24) is 14.8 Å². The lowest BCUT2D eigenvalue weighted by molar-refractivity contribution is -0.783. The van der Waals surface area contributed by atoms with Gasteiger partial charge in [0, 0.05) is 6.08 Å². The number of nitrogens with one attached hydrogen (secondary N) is 1. The van der Waals surface area contributed by atoms with Crippen molar-refractivity contribution in [2.45, 2.75) is 0 Å². The maximum absolute atomic E-state index is 12.7. The summed E-state index contributed by atoms with van der Waals surface area (Å²) < 4.78 is 15.9. The molecule has 10 heteroatoms. The topological polar surface area (TPSA) is 116 Å². The monoisotopic (exact) mass is 399 g/mol. The lowest BCUT2D eigenvalue weighted by Gasteiger charge is -2.07. The number of carbonyl (C=O) groups excluding carboxylic acids is 3. The molecule has 0 saturated carbocycles. The van der Waals surface area contributed by atoms with Crippen LogP contribution in [0.1, 0.15) is 16.1 Å². The van der Waals surface area contributed by atoms with E-state index in [4.69, 9.17) is 9.47 Å². The molecule has 3 rings (SSSR count). The third-order valence-electron chi connectivity index (χ3n) is 4.21. The highest BCUT2D eigenvalue weighted by atomic mass is 16.5. The Kier molecular flexibility index (Phi) is 5.44. The molecule has 0 unspecified atom stereocenters. The smallest absolute Gasteiger partial charge is 0.344 e. The van der Waals surface area contributed by atoms with Crippen LogP contribution in [0, 0.1) is 0 Å². The van der Waals surface area contributed by atoms with Crippen LogP contribution >= 0.6 is 0 Å². The molecule has 3 aromatic rings. The Bertz CT molecular complexity index is 1130. The lowest BCUT2D eigenvalue weighted by Crippen LogP contribution is -2.34. The number of methoxy groups -OCH3 is 3. The summed E-state index contributed by atoms with van der Waals surface area (Å²) in [6, 6.07) is 8.89. The van der Waals surface area contributed by atoms with Crippen LogP contribution in [0.2, 0.25) is 0 Å². The zero-order valence-corrected chi connectivity index (χ0v) is 16.3. The quantitative estimate of drug-likeness (QED) is 0.290. The lowest BCUT2D eigenvalue weighted by atomic mass is 9.97. The SMILES string of the molecule is COC(=O)/C=C(\C(=O)OC)c1c(-c2ccccc2)c(C(=O)OC)c2n[n+](C)[nH]n12. The molecule has 0 saturated heterocycles. The molecule has 2 heterocycles. The number of esters is 3. The maximum atomic E-state index is 12.7. The van der Waals surface area contributed by atoms with Gasteiger partial charge in [-0.15, -0.1) is 4.52 Å². The van der Waals surface area contributed by atoms with Crippen LogP contribution in [-0.4, -0.2) is 54.1 Å². The number of rotatable bonds is 5. The van der Waals surface area contributed by atoms with Crippen LogP contribution in [0.15, 0.2) is 36.4 Å². The standard InChI is InChI=1S/C19H18N4O6/c1-22-20-17-15(19(26)29-4)14(11-8-6-5-7-9-11)16(23(17)21-22)12(18(25)28-3)10-13(24)27-2/h5-10H,1-4H3/p+1. The number of aromatic amines is 1. The van der Waals surface area contributed by atoms with Crippen LogP contribution < -0.4 is 4.80 Å². The van der Waals surface area contributed by atoms with Crippen LogP contribution in [-0.2, 0) is 30.8 Å². The summed E-state index contributed by atoms with van der Waals surface area (Å²) in [5.41, 5.74) is 1.41. The molecule has 0 spiro atoms. The van der Waals surface area contributed by atoms with Gasteiger partial charge in [-0.25, -0.2) is 14.4 Å². The summed E-state index contributed by atoms with van der Waals surface area (Å²) >= 11 is 0. The maximum Gasteiger partial charge on any atom is 0.344 e. The molecule has 0 bridgehead atoms. The van der Waals surface area contributed by atoms with E-state index < -0.39 is 17.9 Å². The number of hydrogen-bond donors (Lipinski definition) is 1. The molecule has 0 amide bonds. The van der Waals surface area contributed by atoms with E-state index in [1.807, 2.05) is 6.07 Å². The number of tetrazole rings is 1. The van der Waals surface area contributed by atoms with Gasteiger partial charge in [0.1, 0.15) is 18.2 Å². The number of aromatic nitrogens is 4. The van der Waals surface area contributed by atoms with Crippen molar-refractivity contribution in [3.8, 4) is 11.1 Å². The van der Waals surface area contributed by atoms with Gasteiger partial charge < -0.3 is 14.2 Å². The second kappa shape index (κ2) is 7.97. The fourth-order valence-electron chi connectivity index (χ4n) is 3.01. The molecule has 0 aliphatic carbocycles. The first-order valence-corrected chi connectivity index (χ1v) is 8.45. The first-order chi connectivity index (χ1) is 13.9. The van der Waals surface area contributed by atoms with Gasteiger partial charge in [-0.05, 0) is 10.7 Å². The van der Waals surface area contributed by atoms with Crippen molar-refractivity contribution in [2.24, 2.45) is 7.05 Å². The highest BCUT2D eigenvalue weighted by Crippen LogP contribution is 2.36. The molecule has 0 aliphatic heterocycles. The summed E-state index contributed by atoms with van der Waals surface area (Å²) in [7, 11) is 5.24. The van der Waals surface area contributed by atoms with Gasteiger partial charge in [0.2, 0.25) is 0 Å². The Hall–Kier alpha value is -3.95. The van der Waals surface area contributed by atoms with Gasteiger partial charge in [0.25, 0.3) is 0 Å². The van der Waals surface area contributed by atoms with E-state index in [0.717, 1.165) is 6.08 Å². The van der Waals surface area contributed by atoms with Gasteiger partial charge in [0.15, 0.2) is 5.69 Å². The number of nitrogens with zero attached hydrogens (tertiary/aromatic N) is 3. The minimum atomic E-state index is -0.791. The van der Waals surface area contributed by atoms with Crippen LogP contribution in [0.5, 0.6) is 0 Å². The third kappa shape index (κ3) is 3.47. The van der Waals surface area contributed by atoms with E-state index in [2.05, 4.69) is 15.0 Å². The summed E-state index contributed by atoms with van der Waals surface area (Å²) in [5, 5.41) is 7.18. The number of hydrogen-bond acceptors (Lipinski definition) is 7. The molecule has 150 valence electrons. The second-order valence-electron chi connectivity index (χ2n) is 5.91. The zero-order chi connectivity index (χ0) is 21.1. The zero-order valence-electron chi connectivity index (χ0n) is 16.3. The van der Waals surface area contributed by atoms with E-state index in [-0.39, 0.29) is 22.5 Å². The minimum Gasteiger partial charge on any atom is -0.466 e. The predicted molar refractivity (Wildman–Crippen MR) is 99.5 cm³/mol. The van der Waals surface area contributed by atoms with Crippen molar-refractivity contribution in [1.29, 1.82) is 0 Å². The number of H-pyrrole nitrogens is 1. The third-order valence-corrected chi connectivity index (χ3v) is 4.21. The van der Waals surface area contributed by atoms with E-state index in [1.54, 1.807) is 31.3 Å². The van der Waals surface area contributed by atoms with E-state index >= 15 is 0 Å². The van der Waals surface area contributed by atoms with Crippen LogP contribution in [0.25, 0.3) is 22.3 Å². The first-order valence-electron chi connectivity index (χ1n) is 8.45. The van der Waals surface area contributed by atoms with Crippen molar-refractivity contribution in [3.05, 3.63) is 47.7 Å². The number of benzene rings is 1. The Balaban J connectivity index is 2.50. The van der Waals surface area contributed by atoms with Gasteiger partial charge in [-0.2, -0.15) is 0 Å². The average Bonchev–Trinajstić information content (AvgIpc) is 3.25. The molecule has 29 heavy (non-hydrogen) atoms. The summed E-state index contributed by atoms with van der Waals surface area (Å²) in [6.45, 7) is 0. The molecule has 10 nitrogen and oxygen atoms in total. The molecule has 1 aromatic carbocycles. The number of ether oxygens (including phenoxy) is 3. The van der Waals surface area contributed by atoms with Gasteiger partial charge in [-0.3, -0.25) is 0 Å². The normalized spacial score (nSPS) is 11.4. The van der Waals surface area contributed by atoms with Crippen molar-refractivity contribution in [3.63, 3.8) is 0 Å². The summed E-state index contributed by atoms with van der Waals surface area (Å²) in [5.74, 6) is -2.20. The minimum absolute atomic E-state index is 0.118. The molecule has 2 aromatic heterocycles. The Morgan fingerprint density at radius 1 is 1.07 bits per heavy atom. The van der Waals surface area contributed by atoms with E-state index in [0.29, 0.717) is 11.1 Å². The molecule has 0 radical (unpaired) electrons. The fourth-order valence-corrected chi connectivity index (χ4v) is 3.01. The average molecular weight is 399 g/mol. The molecule has 0 aliphatic rings. The van der Waals surface area contributed by atoms with Gasteiger partial charge in [0.05, 0.1) is 26.9 Å². The van der Waals surface area contributed by atoms with Crippen LogP contribution in [0.4, 0.5) is 0 Å². The number of carbonyl (C=O) groups is 3. The largest absolute Gasteiger partial charge is 0.466 e. The van der Waals surface area contributed by atoms with Crippen molar-refractivity contribution < 1.29 is 33.4 Å².